The molecule has 138 valence electrons. The minimum Gasteiger partial charge on any atom is -0.370 e. The molecule has 3 rings (SSSR count). The number of hydrogen-bond acceptors (Lipinski definition) is 6. The molecule has 8 heteroatoms. The van der Waals surface area contributed by atoms with Gasteiger partial charge >= 0.3 is 0 Å². The summed E-state index contributed by atoms with van der Waals surface area (Å²) in [5.74, 6) is 1.07. The Kier molecular flexibility index (Phi) is 5.90. The molecule has 1 amide bonds. The summed E-state index contributed by atoms with van der Waals surface area (Å²) in [4.78, 5) is 22.1. The van der Waals surface area contributed by atoms with Crippen molar-refractivity contribution >= 4 is 29.3 Å². The van der Waals surface area contributed by atoms with Crippen molar-refractivity contribution in [2.24, 2.45) is 5.73 Å². The average Bonchev–Trinajstić information content (AvgIpc) is 3.03. The van der Waals surface area contributed by atoms with E-state index in [2.05, 4.69) is 15.3 Å². The largest absolute Gasteiger partial charge is 0.370 e. The van der Waals surface area contributed by atoms with Crippen LogP contribution in [-0.2, 0) is 11.3 Å². The van der Waals surface area contributed by atoms with Gasteiger partial charge in [0.1, 0.15) is 5.82 Å². The number of rotatable bonds is 7. The van der Waals surface area contributed by atoms with Crippen LogP contribution in [0.1, 0.15) is 24.8 Å². The van der Waals surface area contributed by atoms with Crippen molar-refractivity contribution < 1.29 is 4.79 Å². The standard InChI is InChI=1S/C18H23ClN6O/c19-13-5-4-12(11-20)14(9-13)15-10-16(24-18(21)23-15)22-6-2-8-25-7-1-3-17(25)26/h4-5,9-10H,1-3,6-8,11,20H2,(H3,21,22,23,24). The van der Waals surface area contributed by atoms with Gasteiger partial charge in [-0.05, 0) is 30.5 Å². The number of nitrogens with one attached hydrogen (secondary N) is 1. The number of anilines is 2. The van der Waals surface area contributed by atoms with Crippen LogP contribution in [0.3, 0.4) is 0 Å². The fraction of sp³-hybridized carbons (Fsp3) is 0.389. The lowest BCUT2D eigenvalue weighted by molar-refractivity contribution is -0.127. The molecule has 0 atom stereocenters. The maximum absolute atomic E-state index is 11.6. The Balaban J connectivity index is 1.68. The SMILES string of the molecule is NCc1ccc(Cl)cc1-c1cc(NCCCN2CCCC2=O)nc(N)n1. The van der Waals surface area contributed by atoms with Gasteiger partial charge in [0.2, 0.25) is 11.9 Å². The molecule has 0 radical (unpaired) electrons. The van der Waals surface area contributed by atoms with Gasteiger partial charge in [-0.2, -0.15) is 4.98 Å². The van der Waals surface area contributed by atoms with Crippen molar-refractivity contribution in [3.05, 3.63) is 34.9 Å². The van der Waals surface area contributed by atoms with E-state index in [4.69, 9.17) is 23.1 Å². The average molecular weight is 375 g/mol. The summed E-state index contributed by atoms with van der Waals surface area (Å²) >= 11 is 6.12. The Hall–Kier alpha value is -2.38. The molecule has 1 aromatic heterocycles. The fourth-order valence-electron chi connectivity index (χ4n) is 3.09. The topological polar surface area (TPSA) is 110 Å². The summed E-state index contributed by atoms with van der Waals surface area (Å²) in [6.45, 7) is 2.69. The number of halogens is 1. The molecule has 0 spiro atoms. The zero-order valence-corrected chi connectivity index (χ0v) is 15.3. The second kappa shape index (κ2) is 8.33. The molecule has 5 N–H and O–H groups in total. The zero-order chi connectivity index (χ0) is 18.5. The lowest BCUT2D eigenvalue weighted by atomic mass is 10.0. The number of carbonyl (C=O) groups excluding carboxylic acids is 1. The molecule has 0 saturated carbocycles. The van der Waals surface area contributed by atoms with E-state index in [1.54, 1.807) is 6.07 Å². The molecular formula is C18H23ClN6O. The number of benzene rings is 1. The summed E-state index contributed by atoms with van der Waals surface area (Å²) in [6.07, 6.45) is 2.47. The number of aromatic nitrogens is 2. The van der Waals surface area contributed by atoms with Crippen molar-refractivity contribution in [3.8, 4) is 11.3 Å². The number of nitrogen functional groups attached to an aromatic ring is 1. The van der Waals surface area contributed by atoms with Crippen LogP contribution in [0, 0.1) is 0 Å². The molecule has 0 aliphatic carbocycles. The molecule has 2 heterocycles. The van der Waals surface area contributed by atoms with Crippen LogP contribution in [0.5, 0.6) is 0 Å². The molecule has 0 bridgehead atoms. The van der Waals surface area contributed by atoms with Gasteiger partial charge in [-0.3, -0.25) is 4.79 Å². The van der Waals surface area contributed by atoms with Crippen molar-refractivity contribution in [1.82, 2.24) is 14.9 Å². The van der Waals surface area contributed by atoms with Crippen LogP contribution >= 0.6 is 11.6 Å². The van der Waals surface area contributed by atoms with Crippen molar-refractivity contribution in [2.75, 3.05) is 30.7 Å². The number of hydrogen-bond donors (Lipinski definition) is 3. The Morgan fingerprint density at radius 3 is 2.85 bits per heavy atom. The third kappa shape index (κ3) is 4.42. The van der Waals surface area contributed by atoms with Gasteiger partial charge in [0.15, 0.2) is 0 Å². The van der Waals surface area contributed by atoms with Crippen LogP contribution < -0.4 is 16.8 Å². The molecule has 7 nitrogen and oxygen atoms in total. The third-order valence-electron chi connectivity index (χ3n) is 4.39. The van der Waals surface area contributed by atoms with Gasteiger partial charge in [0.25, 0.3) is 0 Å². The van der Waals surface area contributed by atoms with E-state index < -0.39 is 0 Å². The van der Waals surface area contributed by atoms with Gasteiger partial charge in [0, 0.05) is 49.3 Å². The molecule has 1 aliphatic rings. The highest BCUT2D eigenvalue weighted by atomic mass is 35.5. The fourth-order valence-corrected chi connectivity index (χ4v) is 3.26. The Labute approximate surface area is 157 Å². The number of nitrogens with zero attached hydrogens (tertiary/aromatic N) is 3. The number of carbonyl (C=O) groups is 1. The maximum atomic E-state index is 11.6. The molecule has 1 aromatic carbocycles. The van der Waals surface area contributed by atoms with E-state index in [1.807, 2.05) is 23.1 Å². The molecule has 1 aliphatic heterocycles. The van der Waals surface area contributed by atoms with Gasteiger partial charge in [-0.25, -0.2) is 4.98 Å². The van der Waals surface area contributed by atoms with Crippen LogP contribution in [0.4, 0.5) is 11.8 Å². The summed E-state index contributed by atoms with van der Waals surface area (Å²) in [7, 11) is 0. The van der Waals surface area contributed by atoms with Crippen molar-refractivity contribution in [3.63, 3.8) is 0 Å². The van der Waals surface area contributed by atoms with Gasteiger partial charge in [0.05, 0.1) is 5.69 Å². The minimum atomic E-state index is 0.183. The Morgan fingerprint density at radius 2 is 2.12 bits per heavy atom. The molecule has 1 fully saturated rings. The van der Waals surface area contributed by atoms with E-state index in [9.17, 15) is 4.79 Å². The first-order valence-electron chi connectivity index (χ1n) is 8.72. The predicted octanol–water partition coefficient (Wildman–Crippen LogP) is 2.26. The van der Waals surface area contributed by atoms with Crippen LogP contribution in [0.15, 0.2) is 24.3 Å². The quantitative estimate of drug-likeness (QED) is 0.641. The van der Waals surface area contributed by atoms with Gasteiger partial charge < -0.3 is 21.7 Å². The first-order valence-corrected chi connectivity index (χ1v) is 9.09. The van der Waals surface area contributed by atoms with E-state index in [0.29, 0.717) is 36.0 Å². The van der Waals surface area contributed by atoms with Crippen LogP contribution in [-0.4, -0.2) is 40.4 Å². The molecule has 26 heavy (non-hydrogen) atoms. The van der Waals surface area contributed by atoms with Crippen molar-refractivity contribution in [1.29, 1.82) is 0 Å². The van der Waals surface area contributed by atoms with Crippen molar-refractivity contribution in [2.45, 2.75) is 25.8 Å². The highest BCUT2D eigenvalue weighted by molar-refractivity contribution is 6.30. The third-order valence-corrected chi connectivity index (χ3v) is 4.63. The summed E-state index contributed by atoms with van der Waals surface area (Å²) in [5.41, 5.74) is 14.1. The number of nitrogens with two attached hydrogens (primary N) is 2. The lowest BCUT2D eigenvalue weighted by Gasteiger charge is -2.15. The number of amides is 1. The first kappa shape index (κ1) is 18.4. The van der Waals surface area contributed by atoms with E-state index in [0.717, 1.165) is 37.1 Å². The minimum absolute atomic E-state index is 0.183. The normalized spacial score (nSPS) is 14.1. The lowest BCUT2D eigenvalue weighted by Crippen LogP contribution is -2.27. The molecule has 2 aromatic rings. The highest BCUT2D eigenvalue weighted by Crippen LogP contribution is 2.27. The molecule has 1 saturated heterocycles. The Bertz CT molecular complexity index is 797. The summed E-state index contributed by atoms with van der Waals surface area (Å²) in [5, 5.41) is 3.86. The smallest absolute Gasteiger partial charge is 0.222 e. The van der Waals surface area contributed by atoms with Gasteiger partial charge in [-0.1, -0.05) is 17.7 Å². The van der Waals surface area contributed by atoms with Crippen LogP contribution in [0.2, 0.25) is 5.02 Å². The van der Waals surface area contributed by atoms with E-state index >= 15 is 0 Å². The highest BCUT2D eigenvalue weighted by Gasteiger charge is 2.19. The number of likely N-dealkylation sites (tertiary alicyclic amines) is 1. The monoisotopic (exact) mass is 374 g/mol. The summed E-state index contributed by atoms with van der Waals surface area (Å²) < 4.78 is 0. The zero-order valence-electron chi connectivity index (χ0n) is 14.5. The van der Waals surface area contributed by atoms with E-state index in [-0.39, 0.29) is 11.9 Å². The van der Waals surface area contributed by atoms with Gasteiger partial charge in [-0.15, -0.1) is 0 Å². The molecule has 0 unspecified atom stereocenters. The predicted molar refractivity (Wildman–Crippen MR) is 104 cm³/mol. The second-order valence-electron chi connectivity index (χ2n) is 6.27. The summed E-state index contributed by atoms with van der Waals surface area (Å²) in [6, 6.07) is 7.35. The Morgan fingerprint density at radius 1 is 1.27 bits per heavy atom. The first-order chi connectivity index (χ1) is 12.6. The van der Waals surface area contributed by atoms with E-state index in [1.165, 1.54) is 0 Å². The maximum Gasteiger partial charge on any atom is 0.222 e. The second-order valence-corrected chi connectivity index (χ2v) is 6.70. The van der Waals surface area contributed by atoms with Crippen LogP contribution in [0.25, 0.3) is 11.3 Å². The molecular weight excluding hydrogens is 352 g/mol.